The van der Waals surface area contributed by atoms with Gasteiger partial charge in [-0.3, -0.25) is 0 Å². The molecular formula is C20H25N3NaO6S. The van der Waals surface area contributed by atoms with E-state index in [0.717, 1.165) is 11.1 Å². The molecule has 0 atom stereocenters. The average Bonchev–Trinajstić information content (AvgIpc) is 3.16. The SMILES string of the molecule is COc1cc(-c2ccc3c(c2NC(=O)NS(=O)(=O)CCOC(C)C)CCO3)ccn1.[Na]. The third kappa shape index (κ3) is 6.81. The summed E-state index contributed by atoms with van der Waals surface area (Å²) in [6, 6.07) is 6.30. The molecule has 1 aliphatic rings. The molecule has 2 N–H and O–H groups in total. The molecule has 0 aliphatic carbocycles. The van der Waals surface area contributed by atoms with Crippen molar-refractivity contribution in [3.63, 3.8) is 0 Å². The number of nitrogens with one attached hydrogen (secondary N) is 2. The molecule has 0 spiro atoms. The maximum absolute atomic E-state index is 12.5. The van der Waals surface area contributed by atoms with Crippen LogP contribution in [-0.4, -0.2) is 81.2 Å². The number of carbonyl (C=O) groups excluding carboxylic acids is 1. The number of carbonyl (C=O) groups is 1. The van der Waals surface area contributed by atoms with E-state index in [2.05, 4.69) is 10.3 Å². The van der Waals surface area contributed by atoms with Gasteiger partial charge in [-0.2, -0.15) is 0 Å². The minimum absolute atomic E-state index is 0. The maximum Gasteiger partial charge on any atom is 0.332 e. The number of amides is 2. The second-order valence-electron chi connectivity index (χ2n) is 6.94. The van der Waals surface area contributed by atoms with Crippen LogP contribution in [0.25, 0.3) is 11.1 Å². The van der Waals surface area contributed by atoms with E-state index in [4.69, 9.17) is 14.2 Å². The number of nitrogens with zero attached hydrogens (tertiary/aromatic N) is 1. The fourth-order valence-corrected chi connectivity index (χ4v) is 3.82. The van der Waals surface area contributed by atoms with Crippen molar-refractivity contribution in [1.82, 2.24) is 9.71 Å². The third-order valence-electron chi connectivity index (χ3n) is 4.42. The van der Waals surface area contributed by atoms with Gasteiger partial charge in [-0.05, 0) is 37.6 Å². The Kier molecular flexibility index (Phi) is 9.14. The van der Waals surface area contributed by atoms with Crippen molar-refractivity contribution in [3.8, 4) is 22.8 Å². The number of ether oxygens (including phenoxy) is 3. The van der Waals surface area contributed by atoms with Crippen LogP contribution < -0.4 is 19.5 Å². The first-order valence-corrected chi connectivity index (χ1v) is 11.2. The van der Waals surface area contributed by atoms with Gasteiger partial charge in [0.25, 0.3) is 0 Å². The van der Waals surface area contributed by atoms with Gasteiger partial charge in [0, 0.05) is 59.4 Å². The largest absolute Gasteiger partial charge is 0.493 e. The van der Waals surface area contributed by atoms with Crippen LogP contribution in [0.4, 0.5) is 10.5 Å². The number of sulfonamides is 1. The second kappa shape index (κ2) is 11.1. The number of rotatable bonds is 8. The van der Waals surface area contributed by atoms with Crippen LogP contribution in [0, 0.1) is 0 Å². The van der Waals surface area contributed by atoms with Crippen LogP contribution in [0.5, 0.6) is 11.6 Å². The first kappa shape index (κ1) is 25.4. The van der Waals surface area contributed by atoms with E-state index in [9.17, 15) is 13.2 Å². The van der Waals surface area contributed by atoms with Crippen LogP contribution in [-0.2, 0) is 21.2 Å². The zero-order valence-corrected chi connectivity index (χ0v) is 20.9. The van der Waals surface area contributed by atoms with Gasteiger partial charge in [-0.1, -0.05) is 0 Å². The number of hydrogen-bond acceptors (Lipinski definition) is 7. The van der Waals surface area contributed by atoms with Gasteiger partial charge in [-0.25, -0.2) is 22.9 Å². The van der Waals surface area contributed by atoms with Gasteiger partial charge < -0.3 is 19.5 Å². The molecule has 0 unspecified atom stereocenters. The quantitative estimate of drug-likeness (QED) is 0.583. The molecule has 163 valence electrons. The molecule has 2 aromatic rings. The van der Waals surface area contributed by atoms with Crippen LogP contribution >= 0.6 is 0 Å². The molecule has 2 amide bonds. The van der Waals surface area contributed by atoms with Crippen molar-refractivity contribution in [2.45, 2.75) is 26.4 Å². The topological polar surface area (TPSA) is 116 Å². The molecule has 1 aromatic carbocycles. The summed E-state index contributed by atoms with van der Waals surface area (Å²) in [7, 11) is -2.33. The summed E-state index contributed by atoms with van der Waals surface area (Å²) in [5.41, 5.74) is 2.76. The van der Waals surface area contributed by atoms with Crippen LogP contribution in [0.15, 0.2) is 30.5 Å². The van der Waals surface area contributed by atoms with Gasteiger partial charge in [0.1, 0.15) is 5.75 Å². The molecule has 0 saturated carbocycles. The summed E-state index contributed by atoms with van der Waals surface area (Å²) in [4.78, 5) is 16.6. The maximum atomic E-state index is 12.5. The van der Waals surface area contributed by atoms with E-state index in [1.807, 2.05) is 10.8 Å². The van der Waals surface area contributed by atoms with Crippen LogP contribution in [0.1, 0.15) is 19.4 Å². The minimum atomic E-state index is -3.85. The standard InChI is InChI=1S/C20H25N3O6S.Na/c1-13(2)28-10-11-30(25,26)23-20(24)22-19-15(4-5-17-16(19)7-9-29-17)14-6-8-21-18(12-14)27-3;/h4-6,8,12-13H,7,9-11H2,1-3H3,(H2,22,23,24);. The monoisotopic (exact) mass is 458 g/mol. The van der Waals surface area contributed by atoms with Crippen molar-refractivity contribution in [3.05, 3.63) is 36.0 Å². The number of urea groups is 1. The van der Waals surface area contributed by atoms with Crippen LogP contribution in [0.3, 0.4) is 0 Å². The average molecular weight is 458 g/mol. The zero-order chi connectivity index (χ0) is 21.7. The van der Waals surface area contributed by atoms with E-state index in [-0.39, 0.29) is 48.0 Å². The predicted octanol–water partition coefficient (Wildman–Crippen LogP) is 2.19. The first-order valence-electron chi connectivity index (χ1n) is 9.51. The molecular weight excluding hydrogens is 433 g/mol. The minimum Gasteiger partial charge on any atom is -0.493 e. The molecule has 31 heavy (non-hydrogen) atoms. The Labute approximate surface area is 204 Å². The first-order chi connectivity index (χ1) is 14.3. The van der Waals surface area contributed by atoms with Crippen molar-refractivity contribution < 1.29 is 27.4 Å². The fourth-order valence-electron chi connectivity index (χ4n) is 3.07. The molecule has 0 saturated heterocycles. The number of aromatic nitrogens is 1. The molecule has 1 radical (unpaired) electrons. The Bertz CT molecular complexity index is 1030. The van der Waals surface area contributed by atoms with E-state index in [1.165, 1.54) is 7.11 Å². The van der Waals surface area contributed by atoms with Crippen molar-refractivity contribution >= 4 is 51.3 Å². The Balaban J connectivity index is 0.00000341. The van der Waals surface area contributed by atoms with E-state index >= 15 is 0 Å². The third-order valence-corrected chi connectivity index (χ3v) is 5.63. The van der Waals surface area contributed by atoms with Gasteiger partial charge in [0.2, 0.25) is 15.9 Å². The van der Waals surface area contributed by atoms with Gasteiger partial charge in [0.05, 0.1) is 37.9 Å². The summed E-state index contributed by atoms with van der Waals surface area (Å²) >= 11 is 0. The predicted molar refractivity (Wildman–Crippen MR) is 118 cm³/mol. The number of methoxy groups -OCH3 is 1. The summed E-state index contributed by atoms with van der Waals surface area (Å²) < 4.78 is 42.4. The van der Waals surface area contributed by atoms with Crippen molar-refractivity contribution in [1.29, 1.82) is 0 Å². The summed E-state index contributed by atoms with van der Waals surface area (Å²) in [6.45, 7) is 4.09. The Morgan fingerprint density at radius 1 is 1.29 bits per heavy atom. The Hall–Kier alpha value is -1.85. The van der Waals surface area contributed by atoms with E-state index in [0.29, 0.717) is 35.9 Å². The number of pyridine rings is 1. The number of anilines is 1. The molecule has 11 heteroatoms. The Morgan fingerprint density at radius 2 is 2.06 bits per heavy atom. The molecule has 1 aliphatic heterocycles. The smallest absolute Gasteiger partial charge is 0.332 e. The number of benzene rings is 1. The zero-order valence-electron chi connectivity index (χ0n) is 18.1. The van der Waals surface area contributed by atoms with Gasteiger partial charge in [-0.15, -0.1) is 0 Å². The Morgan fingerprint density at radius 3 is 2.77 bits per heavy atom. The molecule has 3 rings (SSSR count). The normalized spacial score (nSPS) is 12.5. The molecule has 9 nitrogen and oxygen atoms in total. The van der Waals surface area contributed by atoms with Gasteiger partial charge >= 0.3 is 6.03 Å². The molecule has 1 aromatic heterocycles. The van der Waals surface area contributed by atoms with E-state index in [1.54, 1.807) is 38.2 Å². The molecule has 0 bridgehead atoms. The number of hydrogen-bond donors (Lipinski definition) is 2. The van der Waals surface area contributed by atoms with Crippen molar-refractivity contribution in [2.24, 2.45) is 0 Å². The molecule has 0 fully saturated rings. The number of fused-ring (bicyclic) bond motifs is 1. The van der Waals surface area contributed by atoms with Crippen molar-refractivity contribution in [2.75, 3.05) is 31.4 Å². The van der Waals surface area contributed by atoms with Crippen LogP contribution in [0.2, 0.25) is 0 Å². The summed E-state index contributed by atoms with van der Waals surface area (Å²) in [5, 5.41) is 2.69. The summed E-state index contributed by atoms with van der Waals surface area (Å²) in [5.74, 6) is 0.763. The summed E-state index contributed by atoms with van der Waals surface area (Å²) in [6.07, 6.45) is 2.09. The second-order valence-corrected chi connectivity index (χ2v) is 8.79. The molecule has 2 heterocycles. The fraction of sp³-hybridized carbons (Fsp3) is 0.400. The van der Waals surface area contributed by atoms with Gasteiger partial charge in [0.15, 0.2) is 0 Å². The van der Waals surface area contributed by atoms with E-state index < -0.39 is 16.1 Å².